The predicted octanol–water partition coefficient (Wildman–Crippen LogP) is 15.2. The van der Waals surface area contributed by atoms with Crippen molar-refractivity contribution in [3.63, 3.8) is 0 Å². The standard InChI is InChI=1S/C58H74GeO4Si6/c1-64(2,3)47-35-39-27-19-23-31-43(39)51(53-45-33-25-21-29-41(45)37-49(66(7,8)9)57(53)62-68(13,14)15)55(47)60-59-61-56-48(65(4,5)6)36-40-28-20-24-32-44(40)52(56)54-46-34-26-22-30-42(46)38-50(67(10,11)12)58(54)63-69(16,17)18/h19-38H,1-18H3. The van der Waals surface area contributed by atoms with Gasteiger partial charge < -0.3 is 0 Å². The zero-order valence-electron chi connectivity index (χ0n) is 44.7. The molecule has 0 bridgehead atoms. The van der Waals surface area contributed by atoms with Crippen LogP contribution in [0.4, 0.5) is 0 Å². The molecule has 0 saturated carbocycles. The summed E-state index contributed by atoms with van der Waals surface area (Å²) in [5.41, 5.74) is 4.57. The van der Waals surface area contributed by atoms with Crippen molar-refractivity contribution in [2.75, 3.05) is 0 Å². The van der Waals surface area contributed by atoms with Crippen LogP contribution in [0.3, 0.4) is 0 Å². The van der Waals surface area contributed by atoms with Crippen LogP contribution in [0.15, 0.2) is 121 Å². The first-order valence-corrected chi connectivity index (χ1v) is 47.3. The molecular weight excluding hydrogens is 1000 g/mol. The van der Waals surface area contributed by atoms with Crippen molar-refractivity contribution < 1.29 is 16.4 Å². The molecule has 4 nitrogen and oxygen atoms in total. The second-order valence-corrected chi connectivity index (χ2v) is 55.3. The summed E-state index contributed by atoms with van der Waals surface area (Å²) in [5, 5.41) is 15.0. The van der Waals surface area contributed by atoms with Gasteiger partial charge in [0, 0.05) is 0 Å². The molecule has 0 aliphatic rings. The Morgan fingerprint density at radius 3 is 0.739 bits per heavy atom. The fraction of sp³-hybridized carbons (Fsp3) is 0.310. The summed E-state index contributed by atoms with van der Waals surface area (Å²) in [6, 6.07) is 45.4. The molecule has 0 aliphatic carbocycles. The number of hydrogen-bond donors (Lipinski definition) is 0. The molecule has 0 spiro atoms. The molecule has 0 aliphatic heterocycles. The van der Waals surface area contributed by atoms with Gasteiger partial charge in [-0.05, 0) is 0 Å². The maximum atomic E-state index is 7.67. The van der Waals surface area contributed by atoms with Crippen LogP contribution in [0.25, 0.3) is 65.3 Å². The molecule has 8 aromatic carbocycles. The van der Waals surface area contributed by atoms with Crippen molar-refractivity contribution in [1.82, 2.24) is 0 Å². The van der Waals surface area contributed by atoms with Gasteiger partial charge in [-0.1, -0.05) is 0 Å². The molecule has 8 rings (SSSR count). The van der Waals surface area contributed by atoms with E-state index in [0.29, 0.717) is 0 Å². The Balaban J connectivity index is 1.46. The Hall–Kier alpha value is -4.16. The van der Waals surface area contributed by atoms with Gasteiger partial charge in [0.1, 0.15) is 0 Å². The number of benzene rings is 8. The molecule has 0 heterocycles. The third-order valence-corrected chi connectivity index (χ3v) is 23.6. The van der Waals surface area contributed by atoms with Crippen LogP contribution in [-0.2, 0) is 0 Å². The minimum absolute atomic E-state index is 0.956. The summed E-state index contributed by atoms with van der Waals surface area (Å²) in [7, 11) is -12.3. The van der Waals surface area contributed by atoms with Crippen molar-refractivity contribution in [2.24, 2.45) is 0 Å². The zero-order chi connectivity index (χ0) is 50.2. The van der Waals surface area contributed by atoms with Crippen molar-refractivity contribution >= 4 is 129 Å². The van der Waals surface area contributed by atoms with Gasteiger partial charge in [-0.3, -0.25) is 0 Å². The Kier molecular flexibility index (Phi) is 13.7. The van der Waals surface area contributed by atoms with Crippen molar-refractivity contribution in [3.05, 3.63) is 121 Å². The topological polar surface area (TPSA) is 36.9 Å². The molecule has 0 saturated heterocycles. The van der Waals surface area contributed by atoms with Gasteiger partial charge in [-0.25, -0.2) is 0 Å². The Morgan fingerprint density at radius 1 is 0.290 bits per heavy atom. The molecule has 8 aromatic rings. The molecule has 0 atom stereocenters. The van der Waals surface area contributed by atoms with Gasteiger partial charge in [0.05, 0.1) is 0 Å². The van der Waals surface area contributed by atoms with Gasteiger partial charge in [0.2, 0.25) is 0 Å². The van der Waals surface area contributed by atoms with Crippen LogP contribution in [0.2, 0.25) is 118 Å². The summed E-state index contributed by atoms with van der Waals surface area (Å²) >= 11 is -1.62. The average Bonchev–Trinajstić information content (AvgIpc) is 3.23. The van der Waals surface area contributed by atoms with E-state index < -0.39 is 65.0 Å². The third-order valence-electron chi connectivity index (χ3n) is 12.8. The summed E-state index contributed by atoms with van der Waals surface area (Å²) in [6.45, 7) is 43.3. The van der Waals surface area contributed by atoms with E-state index in [1.165, 1.54) is 63.8 Å². The van der Waals surface area contributed by atoms with Gasteiger partial charge in [0.25, 0.3) is 0 Å². The van der Waals surface area contributed by atoms with Crippen molar-refractivity contribution in [2.45, 2.75) is 118 Å². The molecule has 0 unspecified atom stereocenters. The Bertz CT molecular complexity index is 3050. The molecule has 2 radical (unpaired) electrons. The van der Waals surface area contributed by atoms with E-state index in [0.717, 1.165) is 45.3 Å². The summed E-state index contributed by atoms with van der Waals surface area (Å²) in [6.07, 6.45) is 0. The monoisotopic (exact) mass is 1080 g/mol. The molecule has 358 valence electrons. The van der Waals surface area contributed by atoms with E-state index in [4.69, 9.17) is 16.4 Å². The third kappa shape index (κ3) is 10.6. The van der Waals surface area contributed by atoms with Gasteiger partial charge >= 0.3 is 430 Å². The van der Waals surface area contributed by atoms with E-state index in [1.807, 2.05) is 0 Å². The zero-order valence-corrected chi connectivity index (χ0v) is 52.8. The van der Waals surface area contributed by atoms with E-state index in [2.05, 4.69) is 239 Å². The van der Waals surface area contributed by atoms with E-state index >= 15 is 0 Å². The van der Waals surface area contributed by atoms with Crippen LogP contribution < -0.4 is 37.1 Å². The van der Waals surface area contributed by atoms with Crippen LogP contribution >= 0.6 is 0 Å². The summed E-state index contributed by atoms with van der Waals surface area (Å²) in [4.78, 5) is 0. The molecule has 0 aromatic heterocycles. The molecule has 0 fully saturated rings. The number of rotatable bonds is 14. The SMILES string of the molecule is C[Si](C)(C)Oc1c([Si](C)(C)C)cc2ccccc2c1-c1c([O][Ge][O]c2c([Si](C)(C)C)cc3ccccc3c2-c2c(O[Si](C)(C)C)c([Si](C)(C)C)cc3ccccc23)c([Si](C)(C)C)cc2ccccc12. The summed E-state index contributed by atoms with van der Waals surface area (Å²) < 4.78 is 30.2. The average molecular weight is 1080 g/mol. The van der Waals surface area contributed by atoms with Crippen LogP contribution in [0.5, 0.6) is 23.0 Å². The van der Waals surface area contributed by atoms with Crippen molar-refractivity contribution in [1.29, 1.82) is 0 Å². The van der Waals surface area contributed by atoms with E-state index in [-0.39, 0.29) is 0 Å². The molecule has 11 heteroatoms. The summed E-state index contributed by atoms with van der Waals surface area (Å²) in [5.74, 6) is 3.99. The van der Waals surface area contributed by atoms with E-state index in [1.54, 1.807) is 0 Å². The van der Waals surface area contributed by atoms with Gasteiger partial charge in [0.15, 0.2) is 0 Å². The first kappa shape index (κ1) is 51.2. The fourth-order valence-electron chi connectivity index (χ4n) is 9.68. The van der Waals surface area contributed by atoms with Gasteiger partial charge in [-0.15, -0.1) is 0 Å². The van der Waals surface area contributed by atoms with Gasteiger partial charge in [-0.2, -0.15) is 0 Å². The molecular formula is C58H74GeO4Si6. The first-order valence-electron chi connectivity index (χ1n) is 24.8. The second-order valence-electron chi connectivity index (χ2n) is 25.1. The number of hydrogen-bond acceptors (Lipinski definition) is 4. The first-order chi connectivity index (χ1) is 32.0. The predicted molar refractivity (Wildman–Crippen MR) is 321 cm³/mol. The maximum absolute atomic E-state index is 7.67. The quantitative estimate of drug-likeness (QED) is 0.102. The molecule has 0 amide bonds. The van der Waals surface area contributed by atoms with Crippen LogP contribution in [-0.4, -0.2) is 65.0 Å². The number of fused-ring (bicyclic) bond motifs is 4. The Labute approximate surface area is 426 Å². The van der Waals surface area contributed by atoms with Crippen molar-refractivity contribution in [3.8, 4) is 45.3 Å². The fourth-order valence-corrected chi connectivity index (χ4v) is 19.1. The van der Waals surface area contributed by atoms with E-state index in [9.17, 15) is 0 Å². The second kappa shape index (κ2) is 18.5. The van der Waals surface area contributed by atoms with Crippen LogP contribution in [0, 0.1) is 0 Å². The molecule has 0 N–H and O–H groups in total. The Morgan fingerprint density at radius 2 is 0.507 bits per heavy atom. The normalized spacial score (nSPS) is 13.1. The van der Waals surface area contributed by atoms with Crippen LogP contribution in [0.1, 0.15) is 0 Å². The minimum atomic E-state index is -2.13. The molecule has 69 heavy (non-hydrogen) atoms.